The Balaban J connectivity index is 1.96. The van der Waals surface area contributed by atoms with E-state index in [0.29, 0.717) is 22.5 Å². The zero-order valence-electron chi connectivity index (χ0n) is 14.1. The molecule has 3 N–H and O–H groups in total. The summed E-state index contributed by atoms with van der Waals surface area (Å²) < 4.78 is 0. The van der Waals surface area contributed by atoms with Crippen LogP contribution in [0.3, 0.4) is 0 Å². The molecule has 0 spiro atoms. The first-order valence-corrected chi connectivity index (χ1v) is 8.81. The number of nitrogens with one attached hydrogen (secondary N) is 1. The second kappa shape index (κ2) is 8.52. The topological polar surface area (TPSA) is 45.7 Å². The van der Waals surface area contributed by atoms with Gasteiger partial charge in [-0.1, -0.05) is 61.3 Å². The van der Waals surface area contributed by atoms with Crippen LogP contribution in [0.4, 0.5) is 5.69 Å². The summed E-state index contributed by atoms with van der Waals surface area (Å²) in [6.45, 7) is 6.57. The van der Waals surface area contributed by atoms with Crippen LogP contribution in [0.5, 0.6) is 0 Å². The van der Waals surface area contributed by atoms with Crippen LogP contribution in [-0.4, -0.2) is 12.5 Å². The number of anilines is 1. The molecule has 0 unspecified atom stereocenters. The van der Waals surface area contributed by atoms with E-state index in [1.165, 1.54) is 0 Å². The van der Waals surface area contributed by atoms with E-state index in [-0.39, 0.29) is 11.9 Å². The molecule has 1 amide bonds. The van der Waals surface area contributed by atoms with E-state index < -0.39 is 0 Å². The maximum atomic E-state index is 12.3. The van der Waals surface area contributed by atoms with Crippen molar-refractivity contribution in [2.24, 2.45) is 0 Å². The van der Waals surface area contributed by atoms with Crippen molar-refractivity contribution in [3.05, 3.63) is 63.6 Å². The van der Waals surface area contributed by atoms with Crippen LogP contribution in [-0.2, 0) is 4.79 Å². The van der Waals surface area contributed by atoms with Gasteiger partial charge < -0.3 is 10.6 Å². The minimum atomic E-state index is -0.0277. The van der Waals surface area contributed by atoms with Crippen molar-refractivity contribution >= 4 is 34.8 Å². The molecule has 3 nitrogen and oxygen atoms in total. The lowest BCUT2D eigenvalue weighted by atomic mass is 10.0. The zero-order valence-corrected chi connectivity index (χ0v) is 15.7. The Labute approximate surface area is 153 Å². The molecular formula is C19H23Cl2N2O+. The predicted molar refractivity (Wildman–Crippen MR) is 101 cm³/mol. The van der Waals surface area contributed by atoms with Gasteiger partial charge in [0.05, 0.1) is 5.02 Å². The van der Waals surface area contributed by atoms with E-state index in [1.54, 1.807) is 6.07 Å². The van der Waals surface area contributed by atoms with Crippen molar-refractivity contribution in [2.75, 3.05) is 11.9 Å². The Morgan fingerprint density at radius 2 is 1.79 bits per heavy atom. The molecule has 1 atom stereocenters. The van der Waals surface area contributed by atoms with Crippen molar-refractivity contribution in [3.63, 3.8) is 0 Å². The molecule has 0 saturated carbocycles. The van der Waals surface area contributed by atoms with E-state index in [4.69, 9.17) is 23.2 Å². The molecule has 0 saturated heterocycles. The minimum absolute atomic E-state index is 0.0277. The smallest absolute Gasteiger partial charge is 0.279 e. The van der Waals surface area contributed by atoms with E-state index in [2.05, 4.69) is 19.2 Å². The highest BCUT2D eigenvalue weighted by atomic mass is 35.5. The van der Waals surface area contributed by atoms with Gasteiger partial charge in [0, 0.05) is 16.3 Å². The van der Waals surface area contributed by atoms with Gasteiger partial charge in [-0.05, 0) is 36.6 Å². The highest BCUT2D eigenvalue weighted by molar-refractivity contribution is 6.35. The Morgan fingerprint density at radius 3 is 2.46 bits per heavy atom. The highest BCUT2D eigenvalue weighted by Gasteiger charge is 2.16. The summed E-state index contributed by atoms with van der Waals surface area (Å²) in [7, 11) is 0. The van der Waals surface area contributed by atoms with E-state index in [0.717, 1.165) is 16.8 Å². The van der Waals surface area contributed by atoms with Gasteiger partial charge in [0.1, 0.15) is 6.04 Å². The quantitative estimate of drug-likeness (QED) is 0.783. The molecule has 5 heteroatoms. The number of carbonyl (C=O) groups excluding carboxylic acids is 1. The van der Waals surface area contributed by atoms with Gasteiger partial charge in [0.2, 0.25) is 0 Å². The number of rotatable bonds is 6. The first-order valence-electron chi connectivity index (χ1n) is 8.05. The van der Waals surface area contributed by atoms with Crippen LogP contribution >= 0.6 is 23.2 Å². The van der Waals surface area contributed by atoms with Crippen molar-refractivity contribution in [1.29, 1.82) is 0 Å². The fourth-order valence-electron chi connectivity index (χ4n) is 2.60. The predicted octanol–water partition coefficient (Wildman–Crippen LogP) is 4.38. The van der Waals surface area contributed by atoms with E-state index in [1.807, 2.05) is 48.6 Å². The molecule has 2 aromatic carbocycles. The van der Waals surface area contributed by atoms with Gasteiger partial charge in [0.15, 0.2) is 6.54 Å². The van der Waals surface area contributed by atoms with Crippen molar-refractivity contribution in [2.45, 2.75) is 32.7 Å². The van der Waals surface area contributed by atoms with Crippen LogP contribution < -0.4 is 10.6 Å². The number of halogens is 2. The van der Waals surface area contributed by atoms with Crippen LogP contribution in [0.15, 0.2) is 42.5 Å². The fourth-order valence-corrected chi connectivity index (χ4v) is 3.18. The van der Waals surface area contributed by atoms with Gasteiger partial charge in [-0.25, -0.2) is 0 Å². The molecule has 0 aromatic heterocycles. The number of hydrogen-bond acceptors (Lipinski definition) is 1. The average molecular weight is 366 g/mol. The monoisotopic (exact) mass is 365 g/mol. The molecule has 24 heavy (non-hydrogen) atoms. The lowest BCUT2D eigenvalue weighted by Crippen LogP contribution is -2.86. The summed E-state index contributed by atoms with van der Waals surface area (Å²) in [5, 5.41) is 6.19. The number of quaternary nitrogens is 1. The number of nitrogens with two attached hydrogens (primary N) is 1. The summed E-state index contributed by atoms with van der Waals surface area (Å²) in [5.74, 6) is 0.331. The number of para-hydroxylation sites is 1. The van der Waals surface area contributed by atoms with Crippen LogP contribution in [0.2, 0.25) is 10.0 Å². The Kier molecular flexibility index (Phi) is 6.67. The molecule has 2 rings (SSSR count). The van der Waals surface area contributed by atoms with Gasteiger partial charge in [0.25, 0.3) is 5.91 Å². The van der Waals surface area contributed by atoms with E-state index >= 15 is 0 Å². The third kappa shape index (κ3) is 4.97. The first kappa shape index (κ1) is 18.8. The maximum Gasteiger partial charge on any atom is 0.279 e. The number of benzene rings is 2. The van der Waals surface area contributed by atoms with Gasteiger partial charge in [-0.3, -0.25) is 4.79 Å². The lowest BCUT2D eigenvalue weighted by molar-refractivity contribution is -0.682. The van der Waals surface area contributed by atoms with Crippen molar-refractivity contribution < 1.29 is 10.1 Å². The Morgan fingerprint density at radius 1 is 1.08 bits per heavy atom. The van der Waals surface area contributed by atoms with Gasteiger partial charge >= 0.3 is 0 Å². The largest absolute Gasteiger partial charge is 0.332 e. The summed E-state index contributed by atoms with van der Waals surface area (Å²) in [4.78, 5) is 12.3. The van der Waals surface area contributed by atoms with E-state index in [9.17, 15) is 4.79 Å². The summed E-state index contributed by atoms with van der Waals surface area (Å²) in [6, 6.07) is 13.4. The molecule has 2 aromatic rings. The summed E-state index contributed by atoms with van der Waals surface area (Å²) in [6.07, 6.45) is 0. The van der Waals surface area contributed by atoms with Gasteiger partial charge in [-0.2, -0.15) is 0 Å². The third-order valence-electron chi connectivity index (χ3n) is 3.97. The SMILES string of the molecule is CC(C)c1ccccc1NC(=O)C[NH2+][C@@H](C)c1ccc(Cl)cc1Cl. The molecule has 0 fully saturated rings. The summed E-state index contributed by atoms with van der Waals surface area (Å²) in [5.41, 5.74) is 2.99. The Bertz CT molecular complexity index is 716. The number of amides is 1. The van der Waals surface area contributed by atoms with Crippen LogP contribution in [0.25, 0.3) is 0 Å². The second-order valence-electron chi connectivity index (χ2n) is 6.18. The molecule has 0 aliphatic heterocycles. The van der Waals surface area contributed by atoms with Crippen molar-refractivity contribution in [3.8, 4) is 0 Å². The third-order valence-corrected chi connectivity index (χ3v) is 4.53. The second-order valence-corrected chi connectivity index (χ2v) is 7.03. The minimum Gasteiger partial charge on any atom is -0.332 e. The molecule has 128 valence electrons. The normalized spacial score (nSPS) is 12.2. The number of hydrogen-bond donors (Lipinski definition) is 2. The fraction of sp³-hybridized carbons (Fsp3) is 0.316. The molecule has 0 aliphatic rings. The van der Waals surface area contributed by atoms with Gasteiger partial charge in [-0.15, -0.1) is 0 Å². The summed E-state index contributed by atoms with van der Waals surface area (Å²) >= 11 is 12.1. The number of carbonyl (C=O) groups is 1. The lowest BCUT2D eigenvalue weighted by Gasteiger charge is -2.15. The first-order chi connectivity index (χ1) is 11.4. The van der Waals surface area contributed by atoms with Crippen LogP contribution in [0, 0.1) is 0 Å². The molecule has 0 radical (unpaired) electrons. The molecule has 0 aliphatic carbocycles. The molecule has 0 heterocycles. The zero-order chi connectivity index (χ0) is 17.7. The highest BCUT2D eigenvalue weighted by Crippen LogP contribution is 2.25. The van der Waals surface area contributed by atoms with Crippen LogP contribution in [0.1, 0.15) is 43.9 Å². The van der Waals surface area contributed by atoms with Crippen molar-refractivity contribution in [1.82, 2.24) is 0 Å². The standard InChI is InChI=1S/C19H22Cl2N2O/c1-12(2)15-6-4-5-7-18(15)23-19(24)11-22-13(3)16-9-8-14(20)10-17(16)21/h4-10,12-13,22H,11H2,1-3H3,(H,23,24)/p+1/t13-/m0/s1. The molecule has 0 bridgehead atoms. The molecular weight excluding hydrogens is 343 g/mol. The Hall–Kier alpha value is -1.55. The maximum absolute atomic E-state index is 12.3. The average Bonchev–Trinajstić information content (AvgIpc) is 2.53.